The third-order valence-electron chi connectivity index (χ3n) is 5.05. The van der Waals surface area contributed by atoms with E-state index in [0.717, 1.165) is 39.0 Å². The zero-order valence-electron chi connectivity index (χ0n) is 14.3. The van der Waals surface area contributed by atoms with E-state index in [-0.39, 0.29) is 5.91 Å². The van der Waals surface area contributed by atoms with E-state index in [1.54, 1.807) is 0 Å². The number of carbonyl (C=O) groups is 1. The van der Waals surface area contributed by atoms with Gasteiger partial charge in [-0.05, 0) is 45.2 Å². The van der Waals surface area contributed by atoms with Crippen molar-refractivity contribution in [2.24, 2.45) is 0 Å². The normalized spacial score (nSPS) is 19.9. The summed E-state index contributed by atoms with van der Waals surface area (Å²) in [5.41, 5.74) is 0. The highest BCUT2D eigenvalue weighted by Gasteiger charge is 2.25. The number of aromatic nitrogens is 2. The summed E-state index contributed by atoms with van der Waals surface area (Å²) < 4.78 is 2.34. The molecule has 0 radical (unpaired) electrons. The van der Waals surface area contributed by atoms with Crippen molar-refractivity contribution in [2.75, 3.05) is 19.6 Å². The Morgan fingerprint density at radius 2 is 2.04 bits per heavy atom. The lowest BCUT2D eigenvalue weighted by Gasteiger charge is -2.31. The largest absolute Gasteiger partial charge is 0.353 e. The summed E-state index contributed by atoms with van der Waals surface area (Å²) >= 11 is 0. The summed E-state index contributed by atoms with van der Waals surface area (Å²) in [6, 6.07) is 0.482. The number of hydrogen-bond donors (Lipinski definition) is 1. The quantitative estimate of drug-likeness (QED) is 0.801. The maximum atomic E-state index is 11.8. The van der Waals surface area contributed by atoms with Gasteiger partial charge in [-0.25, -0.2) is 4.98 Å². The van der Waals surface area contributed by atoms with Crippen molar-refractivity contribution in [1.29, 1.82) is 0 Å². The number of carbonyl (C=O) groups excluding carboxylic acids is 1. The van der Waals surface area contributed by atoms with Crippen LogP contribution in [0.25, 0.3) is 0 Å². The van der Waals surface area contributed by atoms with Crippen LogP contribution in [0.15, 0.2) is 12.4 Å². The predicted octanol–water partition coefficient (Wildman–Crippen LogP) is 2.53. The van der Waals surface area contributed by atoms with Crippen molar-refractivity contribution in [3.63, 3.8) is 0 Å². The molecule has 1 aliphatic carbocycles. The van der Waals surface area contributed by atoms with Crippen LogP contribution in [-0.4, -0.2) is 46.0 Å². The van der Waals surface area contributed by atoms with Crippen molar-refractivity contribution in [3.8, 4) is 0 Å². The van der Waals surface area contributed by atoms with Gasteiger partial charge in [0.1, 0.15) is 5.82 Å². The van der Waals surface area contributed by atoms with E-state index >= 15 is 0 Å². The molecule has 1 saturated heterocycles. The van der Waals surface area contributed by atoms with Gasteiger partial charge in [0.05, 0.1) is 0 Å². The van der Waals surface area contributed by atoms with Gasteiger partial charge < -0.3 is 14.8 Å². The molecule has 128 valence electrons. The van der Waals surface area contributed by atoms with E-state index in [9.17, 15) is 4.79 Å². The minimum absolute atomic E-state index is 0.227. The molecule has 5 heteroatoms. The van der Waals surface area contributed by atoms with Crippen molar-refractivity contribution in [1.82, 2.24) is 19.8 Å². The number of imidazole rings is 1. The molecular formula is C18H30N4O. The lowest BCUT2D eigenvalue weighted by atomic mass is 9.95. The van der Waals surface area contributed by atoms with Gasteiger partial charge in [-0.3, -0.25) is 4.79 Å². The Kier molecular flexibility index (Phi) is 5.70. The van der Waals surface area contributed by atoms with Gasteiger partial charge in [0.25, 0.3) is 0 Å². The molecule has 0 spiro atoms. The molecular weight excluding hydrogens is 288 g/mol. The zero-order valence-corrected chi connectivity index (χ0v) is 14.3. The van der Waals surface area contributed by atoms with Gasteiger partial charge in [0, 0.05) is 43.9 Å². The van der Waals surface area contributed by atoms with Gasteiger partial charge in [-0.15, -0.1) is 0 Å². The van der Waals surface area contributed by atoms with Crippen LogP contribution >= 0.6 is 0 Å². The van der Waals surface area contributed by atoms with E-state index in [0.29, 0.717) is 18.4 Å². The molecule has 1 amide bonds. The third kappa shape index (κ3) is 4.80. The summed E-state index contributed by atoms with van der Waals surface area (Å²) in [6.45, 7) is 6.39. The number of likely N-dealkylation sites (tertiary alicyclic amines) is 1. The third-order valence-corrected chi connectivity index (χ3v) is 5.05. The molecule has 3 rings (SSSR count). The molecule has 2 heterocycles. The summed E-state index contributed by atoms with van der Waals surface area (Å²) in [6.07, 6.45) is 11.8. The first-order valence-electron chi connectivity index (χ1n) is 9.29. The lowest BCUT2D eigenvalue weighted by Crippen LogP contribution is -2.37. The van der Waals surface area contributed by atoms with Gasteiger partial charge in [-0.2, -0.15) is 0 Å². The van der Waals surface area contributed by atoms with E-state index in [2.05, 4.69) is 32.9 Å². The van der Waals surface area contributed by atoms with Crippen LogP contribution in [0.4, 0.5) is 0 Å². The van der Waals surface area contributed by atoms with Gasteiger partial charge >= 0.3 is 0 Å². The number of rotatable bonds is 8. The topological polar surface area (TPSA) is 50.2 Å². The van der Waals surface area contributed by atoms with Crippen molar-refractivity contribution in [3.05, 3.63) is 18.2 Å². The highest BCUT2D eigenvalue weighted by atomic mass is 16.1. The average Bonchev–Trinajstić information content (AvgIpc) is 3.25. The second kappa shape index (κ2) is 7.95. The number of piperidine rings is 1. The van der Waals surface area contributed by atoms with Crippen LogP contribution in [0, 0.1) is 0 Å². The fourth-order valence-electron chi connectivity index (χ4n) is 3.40. The van der Waals surface area contributed by atoms with Crippen LogP contribution in [0.1, 0.15) is 63.6 Å². The standard InChI is InChI=1S/C18H30N4O/c1-2-3-10-22-14-9-19-18(22)15-6-11-21(12-7-15)13-8-17(23)20-16-4-5-16/h9,14-16H,2-8,10-13H2,1H3,(H,20,23). The first-order chi connectivity index (χ1) is 11.3. The first kappa shape index (κ1) is 16.5. The fraction of sp³-hybridized carbons (Fsp3) is 0.778. The second-order valence-electron chi connectivity index (χ2n) is 7.04. The number of aryl methyl sites for hydroxylation is 1. The van der Waals surface area contributed by atoms with Gasteiger partial charge in [-0.1, -0.05) is 13.3 Å². The summed E-state index contributed by atoms with van der Waals surface area (Å²) in [7, 11) is 0. The number of amides is 1. The molecule has 0 unspecified atom stereocenters. The highest BCUT2D eigenvalue weighted by Crippen LogP contribution is 2.27. The number of nitrogens with zero attached hydrogens (tertiary/aromatic N) is 3. The maximum absolute atomic E-state index is 11.8. The molecule has 1 aromatic rings. The van der Waals surface area contributed by atoms with Crippen LogP contribution < -0.4 is 5.32 Å². The minimum atomic E-state index is 0.227. The Morgan fingerprint density at radius 1 is 1.26 bits per heavy atom. The molecule has 2 aliphatic rings. The van der Waals surface area contributed by atoms with Crippen molar-refractivity contribution < 1.29 is 4.79 Å². The Bertz CT molecular complexity index is 501. The van der Waals surface area contributed by atoms with Crippen LogP contribution in [0.3, 0.4) is 0 Å². The van der Waals surface area contributed by atoms with Crippen LogP contribution in [0.5, 0.6) is 0 Å². The monoisotopic (exact) mass is 318 g/mol. The average molecular weight is 318 g/mol. The maximum Gasteiger partial charge on any atom is 0.221 e. The Morgan fingerprint density at radius 3 is 2.74 bits per heavy atom. The molecule has 0 aromatic carbocycles. The van der Waals surface area contributed by atoms with Crippen molar-refractivity contribution in [2.45, 2.75) is 70.4 Å². The van der Waals surface area contributed by atoms with Crippen molar-refractivity contribution >= 4 is 5.91 Å². The van der Waals surface area contributed by atoms with E-state index in [1.165, 1.54) is 31.5 Å². The number of nitrogens with one attached hydrogen (secondary N) is 1. The van der Waals surface area contributed by atoms with Crippen LogP contribution in [0.2, 0.25) is 0 Å². The predicted molar refractivity (Wildman–Crippen MR) is 91.3 cm³/mol. The minimum Gasteiger partial charge on any atom is -0.353 e. The molecule has 5 nitrogen and oxygen atoms in total. The Balaban J connectivity index is 1.41. The molecule has 1 saturated carbocycles. The smallest absolute Gasteiger partial charge is 0.221 e. The van der Waals surface area contributed by atoms with Crippen LogP contribution in [-0.2, 0) is 11.3 Å². The molecule has 2 fully saturated rings. The SMILES string of the molecule is CCCCn1ccnc1C1CCN(CCC(=O)NC2CC2)CC1. The molecule has 1 aromatic heterocycles. The molecule has 1 aliphatic heterocycles. The second-order valence-corrected chi connectivity index (χ2v) is 7.04. The van der Waals surface area contributed by atoms with Gasteiger partial charge in [0.2, 0.25) is 5.91 Å². The van der Waals surface area contributed by atoms with E-state index < -0.39 is 0 Å². The number of unbranched alkanes of at least 4 members (excludes halogenated alkanes) is 1. The molecule has 0 bridgehead atoms. The first-order valence-corrected chi connectivity index (χ1v) is 9.29. The molecule has 1 N–H and O–H groups in total. The van der Waals surface area contributed by atoms with E-state index in [4.69, 9.17) is 0 Å². The highest BCUT2D eigenvalue weighted by molar-refractivity contribution is 5.76. The Hall–Kier alpha value is -1.36. The summed E-state index contributed by atoms with van der Waals surface area (Å²) in [5.74, 6) is 2.08. The summed E-state index contributed by atoms with van der Waals surface area (Å²) in [5, 5.41) is 3.07. The lowest BCUT2D eigenvalue weighted by molar-refractivity contribution is -0.121. The molecule has 0 atom stereocenters. The number of hydrogen-bond acceptors (Lipinski definition) is 3. The zero-order chi connectivity index (χ0) is 16.1. The Labute approximate surface area is 139 Å². The van der Waals surface area contributed by atoms with Gasteiger partial charge in [0.15, 0.2) is 0 Å². The summed E-state index contributed by atoms with van der Waals surface area (Å²) in [4.78, 5) is 18.8. The molecule has 23 heavy (non-hydrogen) atoms. The fourth-order valence-corrected chi connectivity index (χ4v) is 3.40. The van der Waals surface area contributed by atoms with E-state index in [1.807, 2.05) is 6.20 Å².